The second-order valence-electron chi connectivity index (χ2n) is 4.99. The van der Waals surface area contributed by atoms with Gasteiger partial charge in [-0.25, -0.2) is 4.98 Å². The van der Waals surface area contributed by atoms with Crippen molar-refractivity contribution in [1.82, 2.24) is 4.98 Å². The number of aromatic nitrogens is 1. The molecule has 0 atom stereocenters. The average molecular weight is 370 g/mol. The van der Waals surface area contributed by atoms with Crippen LogP contribution in [0.25, 0.3) is 11.3 Å². The van der Waals surface area contributed by atoms with Crippen LogP contribution < -0.4 is 5.73 Å². The molecule has 0 aliphatic heterocycles. The van der Waals surface area contributed by atoms with E-state index in [0.717, 1.165) is 11.3 Å². The highest BCUT2D eigenvalue weighted by molar-refractivity contribution is 7.19. The second-order valence-corrected chi connectivity index (χ2v) is 6.00. The summed E-state index contributed by atoms with van der Waals surface area (Å²) in [4.78, 5) is 24.9. The first kappa shape index (κ1) is 17.1. The smallest absolute Gasteiger partial charge is 0.271 e. The number of nitrogens with two attached hydrogens (primary N) is 1. The van der Waals surface area contributed by atoms with Crippen LogP contribution in [0.2, 0.25) is 0 Å². The highest BCUT2D eigenvalue weighted by Crippen LogP contribution is 2.38. The van der Waals surface area contributed by atoms with Gasteiger partial charge < -0.3 is 5.73 Å². The van der Waals surface area contributed by atoms with Crippen LogP contribution in [0, 0.1) is 20.2 Å². The molecule has 3 aromatic rings. The summed E-state index contributed by atoms with van der Waals surface area (Å²) in [6.07, 6.45) is 0. The average Bonchev–Trinajstić information content (AvgIpc) is 3.01. The number of nitrogens with zero attached hydrogens (tertiary/aromatic N) is 5. The molecule has 0 saturated carbocycles. The number of nitrogen functional groups attached to an aromatic ring is 1. The van der Waals surface area contributed by atoms with Gasteiger partial charge in [0.2, 0.25) is 0 Å². The molecule has 3 rings (SSSR count). The van der Waals surface area contributed by atoms with E-state index in [2.05, 4.69) is 15.2 Å². The van der Waals surface area contributed by atoms with Crippen LogP contribution in [0.1, 0.15) is 0 Å². The molecule has 0 spiro atoms. The number of benzene rings is 2. The van der Waals surface area contributed by atoms with E-state index in [9.17, 15) is 20.2 Å². The van der Waals surface area contributed by atoms with Crippen LogP contribution in [0.4, 0.5) is 27.2 Å². The molecule has 0 fully saturated rings. The van der Waals surface area contributed by atoms with Gasteiger partial charge in [-0.2, -0.15) is 0 Å². The third kappa shape index (κ3) is 3.67. The van der Waals surface area contributed by atoms with Crippen LogP contribution in [-0.4, -0.2) is 14.8 Å². The normalized spacial score (nSPS) is 10.9. The summed E-state index contributed by atoms with van der Waals surface area (Å²) in [7, 11) is 0. The number of nitro benzene ring substituents is 2. The summed E-state index contributed by atoms with van der Waals surface area (Å²) in [6.45, 7) is 0. The molecule has 0 radical (unpaired) electrons. The summed E-state index contributed by atoms with van der Waals surface area (Å²) < 4.78 is 0. The predicted molar refractivity (Wildman–Crippen MR) is 95.9 cm³/mol. The first-order valence-electron chi connectivity index (χ1n) is 7.11. The number of rotatable bonds is 5. The first-order chi connectivity index (χ1) is 12.4. The maximum Gasteiger partial charge on any atom is 0.271 e. The summed E-state index contributed by atoms with van der Waals surface area (Å²) >= 11 is 1.06. The number of hydrogen-bond acceptors (Lipinski definition) is 9. The molecule has 0 unspecified atom stereocenters. The molecule has 2 aromatic carbocycles. The van der Waals surface area contributed by atoms with Gasteiger partial charge in [0.1, 0.15) is 5.69 Å². The van der Waals surface area contributed by atoms with Crippen LogP contribution in [-0.2, 0) is 0 Å². The van der Waals surface area contributed by atoms with Crippen molar-refractivity contribution in [2.45, 2.75) is 0 Å². The standard InChI is InChI=1S/C15H10N6O4S/c16-15-17-13(9-3-1-5-11(7-9)20(22)23)14(26-15)19-18-10-4-2-6-12(8-10)21(24)25/h1-8H,(H2,16,17). The maximum atomic E-state index is 10.9. The molecule has 0 saturated heterocycles. The molecule has 1 heterocycles. The zero-order valence-electron chi connectivity index (χ0n) is 13.0. The lowest BCUT2D eigenvalue weighted by atomic mass is 10.1. The monoisotopic (exact) mass is 370 g/mol. The highest BCUT2D eigenvalue weighted by Gasteiger charge is 2.15. The summed E-state index contributed by atoms with van der Waals surface area (Å²) in [5.74, 6) is 0. The van der Waals surface area contributed by atoms with E-state index in [1.54, 1.807) is 12.1 Å². The fraction of sp³-hybridized carbons (Fsp3) is 0. The quantitative estimate of drug-likeness (QED) is 0.393. The number of hydrogen-bond donors (Lipinski definition) is 1. The molecule has 26 heavy (non-hydrogen) atoms. The zero-order chi connectivity index (χ0) is 18.7. The Bertz CT molecular complexity index is 1030. The minimum atomic E-state index is -0.530. The van der Waals surface area contributed by atoms with Gasteiger partial charge in [-0.15, -0.1) is 10.2 Å². The fourth-order valence-corrected chi connectivity index (χ4v) is 2.80. The van der Waals surface area contributed by atoms with Crippen molar-refractivity contribution in [1.29, 1.82) is 0 Å². The van der Waals surface area contributed by atoms with Crippen molar-refractivity contribution in [2.24, 2.45) is 10.2 Å². The molecule has 0 bridgehead atoms. The minimum Gasteiger partial charge on any atom is -0.375 e. The van der Waals surface area contributed by atoms with Crippen LogP contribution in [0.15, 0.2) is 58.8 Å². The molecule has 0 aliphatic carbocycles. The van der Waals surface area contributed by atoms with E-state index in [1.165, 1.54) is 36.4 Å². The number of thiazole rings is 1. The number of non-ortho nitro benzene ring substituents is 2. The minimum absolute atomic E-state index is 0.0874. The van der Waals surface area contributed by atoms with Crippen molar-refractivity contribution in [3.05, 3.63) is 68.8 Å². The van der Waals surface area contributed by atoms with Gasteiger partial charge in [-0.3, -0.25) is 20.2 Å². The third-order valence-electron chi connectivity index (χ3n) is 3.25. The Hall–Kier alpha value is -3.73. The summed E-state index contributed by atoms with van der Waals surface area (Å²) in [6, 6.07) is 11.6. The van der Waals surface area contributed by atoms with Gasteiger partial charge in [0, 0.05) is 29.8 Å². The van der Waals surface area contributed by atoms with Crippen LogP contribution in [0.3, 0.4) is 0 Å². The Kier molecular flexibility index (Phi) is 4.62. The Morgan fingerprint density at radius 3 is 2.31 bits per heavy atom. The lowest BCUT2D eigenvalue weighted by Gasteiger charge is -1.98. The van der Waals surface area contributed by atoms with Gasteiger partial charge in [0.25, 0.3) is 11.4 Å². The van der Waals surface area contributed by atoms with Crippen molar-refractivity contribution in [2.75, 3.05) is 5.73 Å². The number of azo groups is 1. The predicted octanol–water partition coefficient (Wildman–Crippen LogP) is 4.62. The van der Waals surface area contributed by atoms with E-state index in [0.29, 0.717) is 16.3 Å². The topological polar surface area (TPSA) is 150 Å². The summed E-state index contributed by atoms with van der Waals surface area (Å²) in [5, 5.41) is 30.3. The van der Waals surface area contributed by atoms with Gasteiger partial charge in [0.05, 0.1) is 15.5 Å². The summed E-state index contributed by atoms with van der Waals surface area (Å²) in [5.41, 5.74) is 6.65. The Morgan fingerprint density at radius 1 is 0.962 bits per heavy atom. The molecule has 0 aliphatic rings. The fourth-order valence-electron chi connectivity index (χ4n) is 2.12. The largest absolute Gasteiger partial charge is 0.375 e. The molecule has 11 heteroatoms. The Morgan fingerprint density at radius 2 is 1.62 bits per heavy atom. The van der Waals surface area contributed by atoms with E-state index in [1.807, 2.05) is 0 Å². The van der Waals surface area contributed by atoms with Crippen LogP contribution >= 0.6 is 11.3 Å². The van der Waals surface area contributed by atoms with Gasteiger partial charge >= 0.3 is 0 Å². The molecule has 0 amide bonds. The number of nitro groups is 2. The Balaban J connectivity index is 1.97. The molecular weight excluding hydrogens is 360 g/mol. The SMILES string of the molecule is Nc1nc(-c2cccc([N+](=O)[O-])c2)c(N=Nc2cccc([N+](=O)[O-])c2)s1. The van der Waals surface area contributed by atoms with E-state index in [-0.39, 0.29) is 22.2 Å². The molecule has 130 valence electrons. The van der Waals surface area contributed by atoms with Gasteiger partial charge in [-0.1, -0.05) is 29.5 Å². The number of anilines is 1. The van der Waals surface area contributed by atoms with Crippen LogP contribution in [0.5, 0.6) is 0 Å². The van der Waals surface area contributed by atoms with Crippen molar-refractivity contribution < 1.29 is 9.85 Å². The Labute approximate surface area is 149 Å². The zero-order valence-corrected chi connectivity index (χ0v) is 13.8. The molecule has 10 nitrogen and oxygen atoms in total. The van der Waals surface area contributed by atoms with Gasteiger partial charge in [-0.05, 0) is 6.07 Å². The molecular formula is C15H10N6O4S. The van der Waals surface area contributed by atoms with E-state index < -0.39 is 9.85 Å². The molecule has 2 N–H and O–H groups in total. The van der Waals surface area contributed by atoms with Crippen molar-refractivity contribution in [3.63, 3.8) is 0 Å². The second kappa shape index (κ2) is 7.03. The van der Waals surface area contributed by atoms with Crippen molar-refractivity contribution >= 4 is 38.5 Å². The van der Waals surface area contributed by atoms with E-state index in [4.69, 9.17) is 5.73 Å². The highest BCUT2D eigenvalue weighted by atomic mass is 32.1. The lowest BCUT2D eigenvalue weighted by Crippen LogP contribution is -1.88. The third-order valence-corrected chi connectivity index (χ3v) is 4.02. The van der Waals surface area contributed by atoms with Gasteiger partial charge in [0.15, 0.2) is 10.1 Å². The maximum absolute atomic E-state index is 10.9. The first-order valence-corrected chi connectivity index (χ1v) is 7.93. The molecule has 1 aromatic heterocycles. The lowest BCUT2D eigenvalue weighted by molar-refractivity contribution is -0.385. The van der Waals surface area contributed by atoms with E-state index >= 15 is 0 Å². The van der Waals surface area contributed by atoms with Crippen molar-refractivity contribution in [3.8, 4) is 11.3 Å².